The first kappa shape index (κ1) is 18.3. The van der Waals surface area contributed by atoms with Gasteiger partial charge in [0.2, 0.25) is 0 Å². The summed E-state index contributed by atoms with van der Waals surface area (Å²) < 4.78 is 29.7. The average Bonchev–Trinajstić information content (AvgIpc) is 2.54. The number of benzene rings is 2. The van der Waals surface area contributed by atoms with Gasteiger partial charge in [-0.2, -0.15) is 8.42 Å². The van der Waals surface area contributed by atoms with Gasteiger partial charge in [0, 0.05) is 5.56 Å². The van der Waals surface area contributed by atoms with E-state index in [0.717, 1.165) is 5.56 Å². The van der Waals surface area contributed by atoms with Crippen LogP contribution in [0.4, 0.5) is 0 Å². The van der Waals surface area contributed by atoms with Gasteiger partial charge >= 0.3 is 0 Å². The molecule has 0 aromatic heterocycles. The van der Waals surface area contributed by atoms with Gasteiger partial charge < -0.3 is 5.11 Å². The average molecular weight is 348 g/mol. The number of aliphatic hydroxyl groups is 1. The molecule has 2 atom stereocenters. The van der Waals surface area contributed by atoms with Crippen LogP contribution in [-0.2, 0) is 14.3 Å². The number of rotatable bonds is 6. The maximum Gasteiger partial charge on any atom is 0.297 e. The van der Waals surface area contributed by atoms with Crippen LogP contribution in [0.25, 0.3) is 0 Å². The van der Waals surface area contributed by atoms with Crippen LogP contribution in [0.1, 0.15) is 29.8 Å². The quantitative estimate of drug-likeness (QED) is 0.641. The fraction of sp³-hybridized carbons (Fsp3) is 0.278. The third kappa shape index (κ3) is 3.90. The van der Waals surface area contributed by atoms with Crippen molar-refractivity contribution in [1.82, 2.24) is 0 Å². The Hall–Kier alpha value is -2.02. The Labute approximate surface area is 142 Å². The third-order valence-electron chi connectivity index (χ3n) is 3.87. The summed E-state index contributed by atoms with van der Waals surface area (Å²) in [5.41, 5.74) is -0.794. The summed E-state index contributed by atoms with van der Waals surface area (Å²) in [6.45, 7) is 4.44. The summed E-state index contributed by atoms with van der Waals surface area (Å²) in [6.07, 6.45) is -1.25. The van der Waals surface area contributed by atoms with Gasteiger partial charge in [-0.3, -0.25) is 8.98 Å². The molecule has 24 heavy (non-hydrogen) atoms. The first-order valence-corrected chi connectivity index (χ1v) is 8.87. The van der Waals surface area contributed by atoms with Gasteiger partial charge in [-0.1, -0.05) is 48.0 Å². The Kier molecular flexibility index (Phi) is 5.22. The lowest BCUT2D eigenvalue weighted by molar-refractivity contribution is -0.0179. The highest BCUT2D eigenvalue weighted by atomic mass is 32.2. The fourth-order valence-corrected chi connectivity index (χ4v) is 3.26. The van der Waals surface area contributed by atoms with E-state index in [1.165, 1.54) is 26.0 Å². The molecule has 0 saturated heterocycles. The molecule has 1 N–H and O–H groups in total. The zero-order chi connectivity index (χ0) is 18.0. The predicted octanol–water partition coefficient (Wildman–Crippen LogP) is 2.72. The zero-order valence-corrected chi connectivity index (χ0v) is 14.6. The molecule has 0 fully saturated rings. The van der Waals surface area contributed by atoms with E-state index in [2.05, 4.69) is 0 Å². The summed E-state index contributed by atoms with van der Waals surface area (Å²) in [5.74, 6) is -0.602. The maximum absolute atomic E-state index is 12.5. The van der Waals surface area contributed by atoms with E-state index in [9.17, 15) is 18.3 Å². The lowest BCUT2D eigenvalue weighted by atomic mass is 9.90. The van der Waals surface area contributed by atoms with Crippen molar-refractivity contribution in [1.29, 1.82) is 0 Å². The minimum absolute atomic E-state index is 0.0251. The lowest BCUT2D eigenvalue weighted by Gasteiger charge is -2.28. The Morgan fingerprint density at radius 3 is 2.17 bits per heavy atom. The second-order valence-corrected chi connectivity index (χ2v) is 7.42. The van der Waals surface area contributed by atoms with E-state index in [1.54, 1.807) is 42.5 Å². The predicted molar refractivity (Wildman–Crippen MR) is 90.3 cm³/mol. The van der Waals surface area contributed by atoms with Gasteiger partial charge in [-0.05, 0) is 32.9 Å². The summed E-state index contributed by atoms with van der Waals surface area (Å²) in [4.78, 5) is 12.4. The molecular weight excluding hydrogens is 328 g/mol. The van der Waals surface area contributed by atoms with Crippen molar-refractivity contribution in [2.24, 2.45) is 0 Å². The lowest BCUT2D eigenvalue weighted by Crippen LogP contribution is -2.47. The summed E-state index contributed by atoms with van der Waals surface area (Å²) in [7, 11) is -4.09. The van der Waals surface area contributed by atoms with Gasteiger partial charge in [-0.25, -0.2) is 0 Å². The second kappa shape index (κ2) is 6.84. The molecule has 0 aliphatic rings. The van der Waals surface area contributed by atoms with E-state index < -0.39 is 27.6 Å². The number of hydrogen-bond donors (Lipinski definition) is 1. The van der Waals surface area contributed by atoms with Crippen molar-refractivity contribution in [3.63, 3.8) is 0 Å². The third-order valence-corrected chi connectivity index (χ3v) is 5.26. The Bertz CT molecular complexity index is 808. The van der Waals surface area contributed by atoms with Gasteiger partial charge in [-0.15, -0.1) is 0 Å². The Morgan fingerprint density at radius 2 is 1.62 bits per heavy atom. The van der Waals surface area contributed by atoms with Crippen molar-refractivity contribution in [3.8, 4) is 0 Å². The van der Waals surface area contributed by atoms with Crippen LogP contribution in [-0.4, -0.2) is 31.0 Å². The molecule has 2 rings (SSSR count). The molecule has 0 aliphatic heterocycles. The highest BCUT2D eigenvalue weighted by Crippen LogP contribution is 2.24. The second-order valence-electron chi connectivity index (χ2n) is 5.85. The molecule has 2 unspecified atom stereocenters. The summed E-state index contributed by atoms with van der Waals surface area (Å²) in [6, 6.07) is 14.3. The van der Waals surface area contributed by atoms with Crippen molar-refractivity contribution in [2.75, 3.05) is 0 Å². The Morgan fingerprint density at radius 1 is 1.08 bits per heavy atom. The number of ketones is 1. The molecule has 0 aliphatic carbocycles. The monoisotopic (exact) mass is 348 g/mol. The number of carbonyl (C=O) groups is 1. The number of hydrogen-bond acceptors (Lipinski definition) is 5. The number of Topliss-reactive ketones (excluding diaryl/α,β-unsaturated/α-hetero) is 1. The van der Waals surface area contributed by atoms with Crippen molar-refractivity contribution >= 4 is 15.9 Å². The molecule has 0 radical (unpaired) electrons. The molecule has 2 aromatic carbocycles. The molecule has 128 valence electrons. The van der Waals surface area contributed by atoms with Crippen LogP contribution < -0.4 is 0 Å². The molecule has 2 aromatic rings. The standard InChI is InChI=1S/C18H20O5S/c1-13-9-11-16(12-10-13)24(21,22)23-14(2)18(3,20)17(19)15-7-5-4-6-8-15/h4-12,14,20H,1-3H3. The van der Waals surface area contributed by atoms with Gasteiger partial charge in [0.05, 0.1) is 4.90 Å². The largest absolute Gasteiger partial charge is 0.379 e. The smallest absolute Gasteiger partial charge is 0.297 e. The van der Waals surface area contributed by atoms with Crippen LogP contribution in [0.5, 0.6) is 0 Å². The maximum atomic E-state index is 12.5. The molecule has 0 heterocycles. The van der Waals surface area contributed by atoms with E-state index in [0.29, 0.717) is 0 Å². The van der Waals surface area contributed by atoms with Gasteiger partial charge in [0.15, 0.2) is 11.4 Å². The van der Waals surface area contributed by atoms with Crippen LogP contribution in [0.2, 0.25) is 0 Å². The van der Waals surface area contributed by atoms with E-state index in [4.69, 9.17) is 4.18 Å². The fourth-order valence-electron chi connectivity index (χ4n) is 2.11. The first-order valence-electron chi connectivity index (χ1n) is 7.47. The highest BCUT2D eigenvalue weighted by molar-refractivity contribution is 7.86. The SMILES string of the molecule is Cc1ccc(S(=O)(=O)OC(C)C(C)(O)C(=O)c2ccccc2)cc1. The summed E-state index contributed by atoms with van der Waals surface area (Å²) in [5, 5.41) is 10.5. The van der Waals surface area contributed by atoms with Crippen LogP contribution in [0.15, 0.2) is 59.5 Å². The topological polar surface area (TPSA) is 80.7 Å². The van der Waals surface area contributed by atoms with Crippen molar-refractivity contribution in [3.05, 3.63) is 65.7 Å². The van der Waals surface area contributed by atoms with Crippen LogP contribution in [0.3, 0.4) is 0 Å². The normalized spacial score (nSPS) is 15.5. The van der Waals surface area contributed by atoms with E-state index >= 15 is 0 Å². The van der Waals surface area contributed by atoms with Gasteiger partial charge in [0.1, 0.15) is 6.10 Å². The molecule has 0 spiro atoms. The number of aryl methyl sites for hydroxylation is 1. The summed E-state index contributed by atoms with van der Waals surface area (Å²) >= 11 is 0. The molecule has 0 amide bonds. The minimum Gasteiger partial charge on any atom is -0.379 e. The highest BCUT2D eigenvalue weighted by Gasteiger charge is 2.40. The first-order chi connectivity index (χ1) is 11.1. The molecular formula is C18H20O5S. The number of carbonyl (C=O) groups excluding carboxylic acids is 1. The molecule has 6 heteroatoms. The minimum atomic E-state index is -4.09. The van der Waals surface area contributed by atoms with Crippen molar-refractivity contribution < 1.29 is 22.5 Å². The Balaban J connectivity index is 2.22. The van der Waals surface area contributed by atoms with Crippen LogP contribution in [0, 0.1) is 6.92 Å². The van der Waals surface area contributed by atoms with Crippen molar-refractivity contribution in [2.45, 2.75) is 37.4 Å². The van der Waals surface area contributed by atoms with Gasteiger partial charge in [0.25, 0.3) is 10.1 Å². The molecule has 0 saturated carbocycles. The molecule has 0 bridgehead atoms. The zero-order valence-electron chi connectivity index (χ0n) is 13.8. The van der Waals surface area contributed by atoms with Crippen LogP contribution >= 0.6 is 0 Å². The molecule has 5 nitrogen and oxygen atoms in total. The van der Waals surface area contributed by atoms with E-state index in [-0.39, 0.29) is 10.5 Å². The van der Waals surface area contributed by atoms with E-state index in [1.807, 2.05) is 6.92 Å².